The number of nitrogens with zero attached hydrogens (tertiary/aromatic N) is 3. The zero-order valence-electron chi connectivity index (χ0n) is 16.4. The molecule has 0 saturated carbocycles. The molecule has 2 aromatic rings. The van der Waals surface area contributed by atoms with Crippen molar-refractivity contribution >= 4 is 29.1 Å². The van der Waals surface area contributed by atoms with E-state index in [4.69, 9.17) is 16.1 Å². The second-order valence-electron chi connectivity index (χ2n) is 7.26. The van der Waals surface area contributed by atoms with Gasteiger partial charge in [0.05, 0.1) is 22.9 Å². The second-order valence-corrected chi connectivity index (χ2v) is 7.67. The number of benzene rings is 1. The summed E-state index contributed by atoms with van der Waals surface area (Å²) in [4.78, 5) is 29.0. The van der Waals surface area contributed by atoms with Gasteiger partial charge >= 0.3 is 0 Å². The third-order valence-corrected chi connectivity index (χ3v) is 5.13. The SMILES string of the molecule is Cc1noc(C(C)C)c1C(=O)N1CCN(CC(=O)Nc2ccccc2Cl)CC1. The molecule has 0 atom stereocenters. The number of halogens is 1. The van der Waals surface area contributed by atoms with Gasteiger partial charge in [0.1, 0.15) is 5.56 Å². The van der Waals surface area contributed by atoms with Gasteiger partial charge in [-0.1, -0.05) is 42.7 Å². The minimum absolute atomic E-state index is 0.0531. The van der Waals surface area contributed by atoms with Gasteiger partial charge in [0.15, 0.2) is 5.76 Å². The van der Waals surface area contributed by atoms with Crippen molar-refractivity contribution in [3.05, 3.63) is 46.3 Å². The minimum Gasteiger partial charge on any atom is -0.360 e. The lowest BCUT2D eigenvalue weighted by Gasteiger charge is -2.34. The van der Waals surface area contributed by atoms with Crippen LogP contribution in [0.4, 0.5) is 5.69 Å². The Morgan fingerprint density at radius 1 is 1.21 bits per heavy atom. The average molecular weight is 405 g/mol. The molecule has 2 heterocycles. The Labute approximate surface area is 169 Å². The van der Waals surface area contributed by atoms with Crippen LogP contribution in [0.25, 0.3) is 0 Å². The molecule has 0 unspecified atom stereocenters. The summed E-state index contributed by atoms with van der Waals surface area (Å²) in [5, 5.41) is 7.30. The number of carbonyl (C=O) groups excluding carboxylic acids is 2. The maximum absolute atomic E-state index is 12.9. The smallest absolute Gasteiger partial charge is 0.259 e. The number of amides is 2. The topological polar surface area (TPSA) is 78.7 Å². The first-order chi connectivity index (χ1) is 13.4. The van der Waals surface area contributed by atoms with Crippen LogP contribution in [-0.2, 0) is 4.79 Å². The third-order valence-electron chi connectivity index (χ3n) is 4.80. The summed E-state index contributed by atoms with van der Waals surface area (Å²) < 4.78 is 5.34. The summed E-state index contributed by atoms with van der Waals surface area (Å²) in [6.45, 7) is 8.38. The van der Waals surface area contributed by atoms with Crippen molar-refractivity contribution in [3.8, 4) is 0 Å². The van der Waals surface area contributed by atoms with Gasteiger partial charge in [-0.15, -0.1) is 0 Å². The molecule has 3 rings (SSSR count). The summed E-state index contributed by atoms with van der Waals surface area (Å²) in [5.41, 5.74) is 1.79. The highest BCUT2D eigenvalue weighted by Gasteiger charge is 2.29. The lowest BCUT2D eigenvalue weighted by molar-refractivity contribution is -0.117. The molecular weight excluding hydrogens is 380 g/mol. The van der Waals surface area contributed by atoms with E-state index in [0.29, 0.717) is 53.9 Å². The lowest BCUT2D eigenvalue weighted by Crippen LogP contribution is -2.50. The molecule has 1 aromatic heterocycles. The van der Waals surface area contributed by atoms with Gasteiger partial charge in [0.2, 0.25) is 5.91 Å². The maximum Gasteiger partial charge on any atom is 0.259 e. The summed E-state index contributed by atoms with van der Waals surface area (Å²) in [5.74, 6) is 0.548. The fourth-order valence-corrected chi connectivity index (χ4v) is 3.45. The number of carbonyl (C=O) groups is 2. The van der Waals surface area contributed by atoms with E-state index >= 15 is 0 Å². The fourth-order valence-electron chi connectivity index (χ4n) is 3.26. The van der Waals surface area contributed by atoms with Crippen molar-refractivity contribution < 1.29 is 14.1 Å². The predicted molar refractivity (Wildman–Crippen MR) is 108 cm³/mol. The molecule has 150 valence electrons. The summed E-state index contributed by atoms with van der Waals surface area (Å²) in [7, 11) is 0. The quantitative estimate of drug-likeness (QED) is 0.828. The molecule has 0 radical (unpaired) electrons. The largest absolute Gasteiger partial charge is 0.360 e. The molecule has 0 spiro atoms. The molecule has 1 fully saturated rings. The van der Waals surface area contributed by atoms with Crippen LogP contribution in [0.3, 0.4) is 0 Å². The molecule has 7 nitrogen and oxygen atoms in total. The molecule has 1 N–H and O–H groups in total. The highest BCUT2D eigenvalue weighted by Crippen LogP contribution is 2.24. The zero-order valence-corrected chi connectivity index (χ0v) is 17.1. The Balaban J connectivity index is 1.55. The van der Waals surface area contributed by atoms with E-state index in [-0.39, 0.29) is 24.3 Å². The summed E-state index contributed by atoms with van der Waals surface area (Å²) in [6, 6.07) is 7.14. The van der Waals surface area contributed by atoms with Crippen molar-refractivity contribution in [3.63, 3.8) is 0 Å². The monoisotopic (exact) mass is 404 g/mol. The normalized spacial score (nSPS) is 15.1. The lowest BCUT2D eigenvalue weighted by atomic mass is 10.0. The number of aromatic nitrogens is 1. The van der Waals surface area contributed by atoms with E-state index < -0.39 is 0 Å². The first-order valence-corrected chi connectivity index (χ1v) is 9.76. The molecule has 2 amide bonds. The molecule has 1 saturated heterocycles. The van der Waals surface area contributed by atoms with Crippen LogP contribution in [-0.4, -0.2) is 59.5 Å². The van der Waals surface area contributed by atoms with Crippen molar-refractivity contribution in [2.45, 2.75) is 26.7 Å². The van der Waals surface area contributed by atoms with E-state index in [1.165, 1.54) is 0 Å². The number of rotatable bonds is 5. The minimum atomic E-state index is -0.121. The Hall–Kier alpha value is -2.38. The molecule has 0 aliphatic carbocycles. The first kappa shape index (κ1) is 20.4. The van der Waals surface area contributed by atoms with Gasteiger partial charge in [-0.3, -0.25) is 14.5 Å². The van der Waals surface area contributed by atoms with Crippen LogP contribution >= 0.6 is 11.6 Å². The Morgan fingerprint density at radius 2 is 1.89 bits per heavy atom. The van der Waals surface area contributed by atoms with Crippen molar-refractivity contribution in [1.82, 2.24) is 15.0 Å². The van der Waals surface area contributed by atoms with Crippen LogP contribution < -0.4 is 5.32 Å². The van der Waals surface area contributed by atoms with Crippen molar-refractivity contribution in [1.29, 1.82) is 0 Å². The number of piperazine rings is 1. The summed E-state index contributed by atoms with van der Waals surface area (Å²) >= 11 is 6.08. The average Bonchev–Trinajstić information content (AvgIpc) is 3.05. The Kier molecular flexibility index (Phi) is 6.36. The highest BCUT2D eigenvalue weighted by atomic mass is 35.5. The molecule has 1 aliphatic rings. The van der Waals surface area contributed by atoms with E-state index in [1.807, 2.05) is 30.9 Å². The second kappa shape index (κ2) is 8.75. The maximum atomic E-state index is 12.9. The van der Waals surface area contributed by atoms with Crippen LogP contribution in [0.2, 0.25) is 5.02 Å². The molecule has 8 heteroatoms. The summed E-state index contributed by atoms with van der Waals surface area (Å²) in [6.07, 6.45) is 0. The predicted octanol–water partition coefficient (Wildman–Crippen LogP) is 3.16. The van der Waals surface area contributed by atoms with E-state index in [0.717, 1.165) is 0 Å². The number of aryl methyl sites for hydroxylation is 1. The van der Waals surface area contributed by atoms with Crippen molar-refractivity contribution in [2.24, 2.45) is 0 Å². The van der Waals surface area contributed by atoms with E-state index in [1.54, 1.807) is 24.0 Å². The third kappa shape index (κ3) is 4.54. The number of anilines is 1. The Morgan fingerprint density at radius 3 is 2.54 bits per heavy atom. The highest BCUT2D eigenvalue weighted by molar-refractivity contribution is 6.33. The van der Waals surface area contributed by atoms with Gasteiger partial charge in [-0.2, -0.15) is 0 Å². The first-order valence-electron chi connectivity index (χ1n) is 9.39. The van der Waals surface area contributed by atoms with Gasteiger partial charge in [0.25, 0.3) is 5.91 Å². The van der Waals surface area contributed by atoms with Gasteiger partial charge in [0, 0.05) is 32.1 Å². The van der Waals surface area contributed by atoms with Crippen LogP contribution in [0.1, 0.15) is 41.6 Å². The fraction of sp³-hybridized carbons (Fsp3) is 0.450. The van der Waals surface area contributed by atoms with E-state index in [9.17, 15) is 9.59 Å². The van der Waals surface area contributed by atoms with Gasteiger partial charge in [-0.05, 0) is 19.1 Å². The number of para-hydroxylation sites is 1. The van der Waals surface area contributed by atoms with Gasteiger partial charge < -0.3 is 14.7 Å². The number of hydrogen-bond donors (Lipinski definition) is 1. The number of hydrogen-bond acceptors (Lipinski definition) is 5. The molecular formula is C20H25ClN4O3. The van der Waals surface area contributed by atoms with Crippen LogP contribution in [0.5, 0.6) is 0 Å². The van der Waals surface area contributed by atoms with Crippen molar-refractivity contribution in [2.75, 3.05) is 38.0 Å². The Bertz CT molecular complexity index is 857. The standard InChI is InChI=1S/C20H25ClN4O3/c1-13(2)19-18(14(3)23-28-19)20(27)25-10-8-24(9-11-25)12-17(26)22-16-7-5-4-6-15(16)21/h4-7,13H,8-12H2,1-3H3,(H,22,26). The number of nitrogens with one attached hydrogen (secondary N) is 1. The molecule has 28 heavy (non-hydrogen) atoms. The van der Waals surface area contributed by atoms with Crippen LogP contribution in [0.15, 0.2) is 28.8 Å². The van der Waals surface area contributed by atoms with Crippen LogP contribution in [0, 0.1) is 6.92 Å². The van der Waals surface area contributed by atoms with E-state index in [2.05, 4.69) is 10.5 Å². The van der Waals surface area contributed by atoms with Gasteiger partial charge in [-0.25, -0.2) is 0 Å². The molecule has 0 bridgehead atoms. The molecule has 1 aliphatic heterocycles. The zero-order chi connectivity index (χ0) is 20.3. The molecule has 1 aromatic carbocycles.